The maximum atomic E-state index is 12.2. The summed E-state index contributed by atoms with van der Waals surface area (Å²) in [4.78, 5) is 42.7. The molecule has 1 saturated carbocycles. The van der Waals surface area contributed by atoms with E-state index >= 15 is 0 Å². The van der Waals surface area contributed by atoms with Crippen LogP contribution in [0.2, 0.25) is 0 Å². The van der Waals surface area contributed by atoms with E-state index in [2.05, 4.69) is 241 Å². The van der Waals surface area contributed by atoms with Crippen LogP contribution in [0.15, 0.2) is 264 Å². The first-order valence-corrected chi connectivity index (χ1v) is 52.0. The Kier molecular flexibility index (Phi) is 55.9. The first-order chi connectivity index (χ1) is 69.6. The van der Waals surface area contributed by atoms with Crippen LogP contribution in [0.4, 0.5) is 13.2 Å². The molecule has 0 amide bonds. The number of hydrogen-bond donors (Lipinski definition) is 3. The Morgan fingerprint density at radius 2 is 0.993 bits per heavy atom. The third-order valence-electron chi connectivity index (χ3n) is 27.6. The van der Waals surface area contributed by atoms with Crippen LogP contribution in [-0.4, -0.2) is 98.0 Å². The maximum Gasteiger partial charge on any atom is 2.00 e. The van der Waals surface area contributed by atoms with Crippen LogP contribution in [0.1, 0.15) is 253 Å². The number of rotatable bonds is 5. The van der Waals surface area contributed by atoms with Gasteiger partial charge in [-0.15, -0.1) is 133 Å². The van der Waals surface area contributed by atoms with Gasteiger partial charge in [-0.05, 0) is 104 Å². The van der Waals surface area contributed by atoms with E-state index in [-0.39, 0.29) is 137 Å². The molecule has 24 rings (SSSR count). The second-order valence-corrected chi connectivity index (χ2v) is 40.4. The zero-order valence-electron chi connectivity index (χ0n) is 85.7. The van der Waals surface area contributed by atoms with Crippen molar-refractivity contribution in [3.63, 3.8) is 0 Å². The zero-order chi connectivity index (χ0) is 102. The monoisotopic (exact) mass is 3160 g/mol. The number of allylic oxidation sites excluding steroid dienone is 13. The normalized spacial score (nSPS) is 18.9. The molecule has 8 heterocycles. The summed E-state index contributed by atoms with van der Waals surface area (Å²) in [5, 5.41) is 33.3. The molecule has 8 aromatic carbocycles. The number of carboxylic acid groups (broad SMARTS) is 1. The molecule has 806 valence electrons. The van der Waals surface area contributed by atoms with Gasteiger partial charge in [0.25, 0.3) is 0 Å². The summed E-state index contributed by atoms with van der Waals surface area (Å²) in [7, 11) is 0. The summed E-state index contributed by atoms with van der Waals surface area (Å²) >= 11 is 18.7. The van der Waals surface area contributed by atoms with Crippen LogP contribution < -0.4 is 0 Å². The smallest absolute Gasteiger partial charge is 0.786 e. The van der Waals surface area contributed by atoms with Gasteiger partial charge in [0.1, 0.15) is 11.3 Å². The van der Waals surface area contributed by atoms with Crippen molar-refractivity contribution in [1.29, 1.82) is 0 Å². The van der Waals surface area contributed by atoms with Crippen molar-refractivity contribution in [2.45, 2.75) is 221 Å². The summed E-state index contributed by atoms with van der Waals surface area (Å²) < 4.78 is 47.7. The average molecular weight is 3170 g/mol. The van der Waals surface area contributed by atoms with Gasteiger partial charge < -0.3 is 110 Å². The van der Waals surface area contributed by atoms with Crippen LogP contribution >= 0.6 is 0 Å². The zero-order valence-corrected chi connectivity index (χ0v) is 103. The van der Waals surface area contributed by atoms with E-state index < -0.39 is 29.0 Å². The van der Waals surface area contributed by atoms with Crippen LogP contribution in [0.3, 0.4) is 0 Å². The van der Waals surface area contributed by atoms with Crippen LogP contribution in [0.25, 0.3) is 66.4 Å². The molecule has 0 spiro atoms. The van der Waals surface area contributed by atoms with Gasteiger partial charge in [0.15, 0.2) is 0 Å². The summed E-state index contributed by atoms with van der Waals surface area (Å²) in [6.45, 7) is 22.6. The number of carboxylic acids is 1. The fourth-order valence-electron chi connectivity index (χ4n) is 19.1. The number of aryl methyl sites for hydroxylation is 1. The molecule has 26 heteroatoms. The Hall–Kier alpha value is -8.07. The Balaban J connectivity index is 0.000000222. The summed E-state index contributed by atoms with van der Waals surface area (Å²) in [6, 6.07) is 74.2. The number of aromatic nitrogens is 3. The average Bonchev–Trinajstić information content (AvgIpc) is 1.44. The van der Waals surface area contributed by atoms with E-state index in [0.29, 0.717) is 23.7 Å². The number of phenolic OH excluding ortho intramolecular Hbond substituents is 1. The van der Waals surface area contributed by atoms with Crippen molar-refractivity contribution >= 4 is 129 Å². The van der Waals surface area contributed by atoms with E-state index in [1.807, 2.05) is 155 Å². The van der Waals surface area contributed by atoms with E-state index in [0.717, 1.165) is 190 Å². The summed E-state index contributed by atoms with van der Waals surface area (Å²) in [5.41, 5.74) is 17.0. The molecular weight excluding hydrogens is 3040 g/mol. The third-order valence-corrected chi connectivity index (χ3v) is 29.1. The minimum atomic E-state index is -4.79. The molecular formula is C124H127F3N7O6Pt6S4-7. The maximum absolute atomic E-state index is 12.2. The molecule has 8 aliphatic carbocycles. The quantitative estimate of drug-likeness (QED) is 0.0843. The van der Waals surface area contributed by atoms with Crippen LogP contribution in [-0.2, 0) is 204 Å². The van der Waals surface area contributed by atoms with Crippen molar-refractivity contribution in [1.82, 2.24) is 19.9 Å². The number of pyridine rings is 3. The first-order valence-electron chi connectivity index (χ1n) is 50.4. The number of aliphatic imine (C=N–C) groups is 3. The van der Waals surface area contributed by atoms with Crippen molar-refractivity contribution in [2.24, 2.45) is 44.1 Å². The number of fused-ring (bicyclic) bond motifs is 15. The number of aromatic hydroxyl groups is 2. The van der Waals surface area contributed by atoms with Crippen LogP contribution in [0, 0.1) is 95.9 Å². The molecule has 2 bridgehead atoms. The predicted octanol–water partition coefficient (Wildman–Crippen LogP) is 29.6. The van der Waals surface area contributed by atoms with E-state index in [1.54, 1.807) is 12.1 Å². The Bertz CT molecular complexity index is 6420. The molecule has 13 nitrogen and oxygen atoms in total. The van der Waals surface area contributed by atoms with Gasteiger partial charge in [-0.25, -0.2) is 58.0 Å². The molecule has 4 atom stereocenters. The molecule has 0 radical (unpaired) electrons. The van der Waals surface area contributed by atoms with Gasteiger partial charge in [0.2, 0.25) is 0 Å². The Morgan fingerprint density at radius 3 is 1.53 bits per heavy atom. The van der Waals surface area contributed by atoms with E-state index in [9.17, 15) is 23.1 Å². The second kappa shape index (κ2) is 65.1. The SMILES string of the molecule is CC([S-])=C(C)[S-].CC([S-])=C(C)[S-].CC1(C)c2cccnc2C2=[C-]CCC2C1(C)C.O=C(O)c1c(O)cccc1C(F)(F)F.Oc1cccc2ccc[c-]c12.[C-]1=C(C2=NCCC2)CCCC1.[C-]1=C(C2=NCCCO2)C2CCC1C2.[C-]1=C(C2=NCCCO2)CCCC1.[C-]1=C2c3ncccc3C=CN2CCC1.[C-]1=C2c3ncccc3CCC2CCC1.[Pt+2].[Pt+2].[Pt+2].[Pt+2].[Pt].[Pt].[c-]1cccc2ccc3ccc[c-]c3c12.[c-]1ccccc1-c1[c-]cccc1. The van der Waals surface area contributed by atoms with Gasteiger partial charge >= 0.3 is 96.4 Å². The number of carbonyl (C=O) groups is 1. The van der Waals surface area contributed by atoms with Crippen molar-refractivity contribution < 1.29 is 169 Å². The van der Waals surface area contributed by atoms with Gasteiger partial charge in [0, 0.05) is 92.6 Å². The number of aromatic carboxylic acids is 1. The number of nitrogens with zero attached hydrogens (tertiary/aromatic N) is 7. The van der Waals surface area contributed by atoms with E-state index in [1.165, 1.54) is 175 Å². The number of halogens is 3. The minimum Gasteiger partial charge on any atom is -0.786 e. The molecule has 4 unspecified atom stereocenters. The fraction of sp³-hybridized carbons (Fsp3) is 0.363. The number of phenols is 2. The van der Waals surface area contributed by atoms with Crippen molar-refractivity contribution in [3.05, 3.63) is 361 Å². The number of ether oxygens (including phenoxy) is 2. The first kappa shape index (κ1) is 129. The minimum absolute atomic E-state index is 0. The number of benzene rings is 8. The van der Waals surface area contributed by atoms with Crippen molar-refractivity contribution in [2.75, 3.05) is 39.4 Å². The van der Waals surface area contributed by atoms with Gasteiger partial charge in [-0.3, -0.25) is 30.4 Å². The standard InChI is InChI=1S/C16H20N.C14H8.C13H14N.C12H11N2.C12H8.C11H14NO.C10H14NO.C10H14N.C10H7O.C8H5F3O3.2C4H8S2.6Pt/c1-15(2)12-8-5-7-11(12)14-13(16(15,3)4)9-6-10-17-14;1-3-7-13-11(5-1)9-10-12-6-2-4-8-14(12)13;1-2-6-12-10(4-1)7-8-11-5-3-9-14-13(11)12;1-2-8-14-9-6-10-4-3-7-13-12(10)11(14)5-1;1-3-7-11(8-4-1)12-9-5-2-6-10-12;1-4-12-11(13-5-1)10-7-8-2-3-9(10)6-8;1-2-5-9(6-3-1)10-11-7-4-8-12-10;1-2-5-9(6-3-1)10-7-4-8-11-10;11-10-7-3-5-8-4-1-2-6-9(8)10;9-8(10,11)4-2-1-3-5(12)6(4)7(13)14;2*1-3(5)4(2)6;;;;;;/h6,9-10,12H,5,8H2,1-4H3;1-6,9-10H;3,5,9-10H,1-2,4,7-8H2;3-4,6-7,9H,1-2,8H2;1-7,9H;8-9H,1-6H2;1-5,7-8H2;1-5,7-8H2;1-5,7,11H;1-3,12H,(H,13,14);2*5-6H,1-2H3;;;;;;/q-1;-2;2*-1;-2;4*-1;;;;;;4*+2/p-4. The molecule has 3 aromatic heterocycles. The van der Waals surface area contributed by atoms with Gasteiger partial charge in [0.05, 0.1) is 30.6 Å². The molecule has 11 aromatic rings. The molecule has 3 N–H and O–H groups in total. The van der Waals surface area contributed by atoms with Crippen molar-refractivity contribution in [3.8, 4) is 22.6 Å². The molecule has 13 aliphatic rings. The summed E-state index contributed by atoms with van der Waals surface area (Å²) in [6.07, 6.45) is 55.2. The fourth-order valence-corrected chi connectivity index (χ4v) is 19.1. The second-order valence-electron chi connectivity index (χ2n) is 38.0. The molecule has 150 heavy (non-hydrogen) atoms. The summed E-state index contributed by atoms with van der Waals surface area (Å²) in [5.74, 6) is 2.20. The largest absolute Gasteiger partial charge is 2.00 e. The Labute approximate surface area is 995 Å². The molecule has 0 saturated heterocycles. The molecule has 5 aliphatic heterocycles. The number of hydrogen-bond acceptors (Lipinski definition) is 16. The topological polar surface area (TPSA) is 175 Å². The third kappa shape index (κ3) is 36.5. The predicted molar refractivity (Wildman–Crippen MR) is 588 cm³/mol. The van der Waals surface area contributed by atoms with Gasteiger partial charge in [-0.1, -0.05) is 222 Å². The van der Waals surface area contributed by atoms with Crippen LogP contribution in [0.5, 0.6) is 11.5 Å². The van der Waals surface area contributed by atoms with E-state index in [4.69, 9.17) is 19.7 Å². The molecule has 1 fully saturated rings. The van der Waals surface area contributed by atoms with Gasteiger partial charge in [-0.2, -0.15) is 119 Å². The number of alkyl halides is 3. The Morgan fingerprint density at radius 1 is 0.460 bits per heavy atom.